The van der Waals surface area contributed by atoms with Crippen LogP contribution in [0.5, 0.6) is 0 Å². The van der Waals surface area contributed by atoms with Crippen LogP contribution in [0.15, 0.2) is 60.9 Å². The van der Waals surface area contributed by atoms with E-state index >= 15 is 0 Å². The lowest BCUT2D eigenvalue weighted by Gasteiger charge is -2.26. The molecule has 0 radical (unpaired) electrons. The summed E-state index contributed by atoms with van der Waals surface area (Å²) in [6, 6.07) is 9.12. The van der Waals surface area contributed by atoms with Crippen molar-refractivity contribution in [1.82, 2.24) is 0 Å². The Labute approximate surface area is 146 Å². The molecule has 2 heteroatoms. The Morgan fingerprint density at radius 2 is 1.67 bits per heavy atom. The van der Waals surface area contributed by atoms with Crippen molar-refractivity contribution in [2.24, 2.45) is 5.92 Å². The maximum Gasteiger partial charge on any atom is 0.298 e. The van der Waals surface area contributed by atoms with Gasteiger partial charge in [-0.2, -0.15) is 0 Å². The standard InChI is InChI=1S/C14H20.C8H10O2/c1-11-3-7-13(8-4-11)14-9-5-12(2)6-10-14;1-7(2)4-5-8(3)10-6-9/h3-4,7-8,12,14H,5-6,9-10H2,1-2H3;4-6H,1,3H2,2H3/b;5-4-. The molecule has 2 rings (SSSR count). The summed E-state index contributed by atoms with van der Waals surface area (Å²) in [6.07, 6.45) is 8.91. The van der Waals surface area contributed by atoms with Crippen LogP contribution in [0.3, 0.4) is 0 Å². The quantitative estimate of drug-likeness (QED) is 0.371. The Bertz CT molecular complexity index is 558. The lowest BCUT2D eigenvalue weighted by atomic mass is 9.79. The molecule has 1 aromatic rings. The fourth-order valence-corrected chi connectivity index (χ4v) is 2.77. The van der Waals surface area contributed by atoms with Gasteiger partial charge in [-0.15, -0.1) is 0 Å². The molecule has 0 spiro atoms. The van der Waals surface area contributed by atoms with Gasteiger partial charge in [-0.1, -0.05) is 74.4 Å². The fourth-order valence-electron chi connectivity index (χ4n) is 2.77. The minimum atomic E-state index is 0.318. The van der Waals surface area contributed by atoms with Crippen LogP contribution >= 0.6 is 0 Å². The number of hydrogen-bond donors (Lipinski definition) is 0. The van der Waals surface area contributed by atoms with Crippen molar-refractivity contribution in [2.45, 2.75) is 52.4 Å². The molecule has 1 saturated carbocycles. The molecule has 0 bridgehead atoms. The van der Waals surface area contributed by atoms with Gasteiger partial charge in [0.1, 0.15) is 5.76 Å². The second-order valence-electron chi connectivity index (χ2n) is 6.73. The van der Waals surface area contributed by atoms with Crippen LogP contribution in [0, 0.1) is 12.8 Å². The Balaban J connectivity index is 0.000000257. The lowest BCUT2D eigenvalue weighted by molar-refractivity contribution is -0.124. The molecule has 0 aromatic heterocycles. The van der Waals surface area contributed by atoms with E-state index in [9.17, 15) is 4.79 Å². The number of hydrogen-bond acceptors (Lipinski definition) is 2. The van der Waals surface area contributed by atoms with E-state index in [-0.39, 0.29) is 0 Å². The summed E-state index contributed by atoms with van der Waals surface area (Å²) >= 11 is 0. The number of rotatable bonds is 5. The van der Waals surface area contributed by atoms with Gasteiger partial charge < -0.3 is 4.74 Å². The molecular weight excluding hydrogens is 296 g/mol. The van der Waals surface area contributed by atoms with Crippen molar-refractivity contribution in [2.75, 3.05) is 0 Å². The van der Waals surface area contributed by atoms with E-state index in [0.29, 0.717) is 12.2 Å². The van der Waals surface area contributed by atoms with E-state index in [2.05, 4.69) is 56.0 Å². The van der Waals surface area contributed by atoms with Crippen molar-refractivity contribution in [3.63, 3.8) is 0 Å². The average Bonchev–Trinajstić information content (AvgIpc) is 2.55. The minimum Gasteiger partial charge on any atom is -0.429 e. The van der Waals surface area contributed by atoms with Crippen LogP contribution in [0.1, 0.15) is 56.6 Å². The van der Waals surface area contributed by atoms with Gasteiger partial charge in [-0.25, -0.2) is 0 Å². The number of benzene rings is 1. The molecular formula is C22H30O2. The topological polar surface area (TPSA) is 26.3 Å². The summed E-state index contributed by atoms with van der Waals surface area (Å²) < 4.78 is 4.39. The van der Waals surface area contributed by atoms with E-state index in [0.717, 1.165) is 17.4 Å². The van der Waals surface area contributed by atoms with Crippen LogP contribution in [-0.4, -0.2) is 6.47 Å². The predicted molar refractivity (Wildman–Crippen MR) is 102 cm³/mol. The van der Waals surface area contributed by atoms with Crippen LogP contribution in [0.25, 0.3) is 0 Å². The highest BCUT2D eigenvalue weighted by Crippen LogP contribution is 2.35. The second-order valence-corrected chi connectivity index (χ2v) is 6.73. The zero-order chi connectivity index (χ0) is 17.9. The fraction of sp³-hybridized carbons (Fsp3) is 0.409. The van der Waals surface area contributed by atoms with Crippen molar-refractivity contribution in [3.8, 4) is 0 Å². The first kappa shape index (κ1) is 20.0. The summed E-state index contributed by atoms with van der Waals surface area (Å²) in [5.41, 5.74) is 3.82. The van der Waals surface area contributed by atoms with Gasteiger partial charge in [-0.3, -0.25) is 4.79 Å². The van der Waals surface area contributed by atoms with Crippen molar-refractivity contribution >= 4 is 6.47 Å². The Morgan fingerprint density at radius 3 is 2.17 bits per heavy atom. The van der Waals surface area contributed by atoms with Gasteiger partial charge in [0.25, 0.3) is 6.47 Å². The molecule has 0 aliphatic heterocycles. The first-order valence-electron chi connectivity index (χ1n) is 8.61. The third-order valence-electron chi connectivity index (χ3n) is 4.32. The van der Waals surface area contributed by atoms with Gasteiger partial charge >= 0.3 is 0 Å². The zero-order valence-electron chi connectivity index (χ0n) is 15.3. The third kappa shape index (κ3) is 7.96. The SMILES string of the molecule is C=C(C)/C=C\C(=C)OC=O.Cc1ccc(C2CCC(C)CC2)cc1. The van der Waals surface area contributed by atoms with Gasteiger partial charge in [0.2, 0.25) is 0 Å². The Morgan fingerprint density at radius 1 is 1.08 bits per heavy atom. The highest BCUT2D eigenvalue weighted by molar-refractivity contribution is 5.41. The van der Waals surface area contributed by atoms with E-state index in [1.807, 2.05) is 6.92 Å². The molecule has 0 unspecified atom stereocenters. The minimum absolute atomic E-state index is 0.318. The molecule has 0 amide bonds. The smallest absolute Gasteiger partial charge is 0.298 e. The molecule has 1 aliphatic rings. The average molecular weight is 326 g/mol. The van der Waals surface area contributed by atoms with Crippen LogP contribution in [-0.2, 0) is 9.53 Å². The molecule has 24 heavy (non-hydrogen) atoms. The summed E-state index contributed by atoms with van der Waals surface area (Å²) in [6.45, 7) is 13.8. The second kappa shape index (κ2) is 10.6. The highest BCUT2D eigenvalue weighted by atomic mass is 16.5. The lowest BCUT2D eigenvalue weighted by Crippen LogP contribution is -2.10. The summed E-state index contributed by atoms with van der Waals surface area (Å²) in [7, 11) is 0. The molecule has 130 valence electrons. The van der Waals surface area contributed by atoms with E-state index in [1.165, 1.54) is 31.2 Å². The number of carbonyl (C=O) groups is 1. The number of carbonyl (C=O) groups excluding carboxylic acids is 1. The molecule has 1 aromatic carbocycles. The molecule has 1 aliphatic carbocycles. The van der Waals surface area contributed by atoms with Gasteiger partial charge in [-0.05, 0) is 50.2 Å². The van der Waals surface area contributed by atoms with E-state index < -0.39 is 0 Å². The van der Waals surface area contributed by atoms with Crippen molar-refractivity contribution in [1.29, 1.82) is 0 Å². The molecule has 1 fully saturated rings. The molecule has 0 atom stereocenters. The molecule has 0 saturated heterocycles. The first-order valence-corrected chi connectivity index (χ1v) is 8.61. The monoisotopic (exact) mass is 326 g/mol. The van der Waals surface area contributed by atoms with Gasteiger partial charge in [0.15, 0.2) is 0 Å². The molecule has 0 N–H and O–H groups in total. The Kier molecular flexibility index (Phi) is 8.85. The zero-order valence-corrected chi connectivity index (χ0v) is 15.3. The molecule has 0 heterocycles. The maximum atomic E-state index is 9.72. The van der Waals surface area contributed by atoms with Crippen LogP contribution in [0.2, 0.25) is 0 Å². The van der Waals surface area contributed by atoms with Crippen LogP contribution < -0.4 is 0 Å². The highest BCUT2D eigenvalue weighted by Gasteiger charge is 2.19. The summed E-state index contributed by atoms with van der Waals surface area (Å²) in [5.74, 6) is 2.11. The maximum absolute atomic E-state index is 9.72. The van der Waals surface area contributed by atoms with Crippen LogP contribution in [0.4, 0.5) is 0 Å². The Hall–Kier alpha value is -2.09. The number of aryl methyl sites for hydroxylation is 1. The van der Waals surface area contributed by atoms with Crippen molar-refractivity contribution in [3.05, 3.63) is 72.0 Å². The van der Waals surface area contributed by atoms with Crippen molar-refractivity contribution < 1.29 is 9.53 Å². The van der Waals surface area contributed by atoms with E-state index in [4.69, 9.17) is 0 Å². The van der Waals surface area contributed by atoms with Gasteiger partial charge in [0.05, 0.1) is 0 Å². The molecule has 2 nitrogen and oxygen atoms in total. The normalized spacial score (nSPS) is 20.0. The number of ether oxygens (including phenoxy) is 1. The number of allylic oxidation sites excluding steroid dienone is 3. The van der Waals surface area contributed by atoms with Gasteiger partial charge in [0, 0.05) is 0 Å². The summed E-state index contributed by atoms with van der Waals surface area (Å²) in [4.78, 5) is 9.72. The summed E-state index contributed by atoms with van der Waals surface area (Å²) in [5, 5.41) is 0. The third-order valence-corrected chi connectivity index (χ3v) is 4.32. The first-order chi connectivity index (χ1) is 11.4. The predicted octanol–water partition coefficient (Wildman–Crippen LogP) is 6.09. The van der Waals surface area contributed by atoms with E-state index in [1.54, 1.807) is 17.7 Å². The largest absolute Gasteiger partial charge is 0.429 e.